The molecule has 0 radical (unpaired) electrons. The minimum atomic E-state index is -4.42. The Kier molecular flexibility index (Phi) is 6.01. The van der Waals surface area contributed by atoms with Crippen molar-refractivity contribution in [2.45, 2.75) is 25.9 Å². The van der Waals surface area contributed by atoms with Crippen molar-refractivity contribution in [3.8, 4) is 0 Å². The molecule has 1 aliphatic rings. The van der Waals surface area contributed by atoms with Gasteiger partial charge in [-0.05, 0) is 43.1 Å². The number of halogens is 3. The molecule has 0 atom stereocenters. The Morgan fingerprint density at radius 2 is 1.96 bits per heavy atom. The summed E-state index contributed by atoms with van der Waals surface area (Å²) in [6.07, 6.45) is -3.12. The second-order valence-electron chi connectivity index (χ2n) is 5.66. The van der Waals surface area contributed by atoms with Crippen molar-refractivity contribution < 1.29 is 22.7 Å². The summed E-state index contributed by atoms with van der Waals surface area (Å²) < 4.78 is 44.2. The van der Waals surface area contributed by atoms with Gasteiger partial charge in [-0.25, -0.2) is 0 Å². The standard InChI is InChI=1S/C16H21F3N2O2/c1-12(22)20-15-10-13(9-14(11-15)16(17,18)19)3-2-4-21-5-7-23-8-6-21/h9-11H,2-8H2,1H3,(H,20,22). The van der Waals surface area contributed by atoms with Crippen LogP contribution in [0.5, 0.6) is 0 Å². The van der Waals surface area contributed by atoms with Crippen LogP contribution < -0.4 is 5.32 Å². The number of aryl methyl sites for hydroxylation is 1. The number of anilines is 1. The number of rotatable bonds is 5. The zero-order valence-corrected chi connectivity index (χ0v) is 13.1. The van der Waals surface area contributed by atoms with Crippen molar-refractivity contribution in [3.05, 3.63) is 29.3 Å². The number of nitrogens with zero attached hydrogens (tertiary/aromatic N) is 1. The first-order valence-corrected chi connectivity index (χ1v) is 7.63. The smallest absolute Gasteiger partial charge is 0.379 e. The van der Waals surface area contributed by atoms with Crippen LogP contribution in [0.15, 0.2) is 18.2 Å². The minimum Gasteiger partial charge on any atom is -0.379 e. The van der Waals surface area contributed by atoms with Gasteiger partial charge >= 0.3 is 6.18 Å². The van der Waals surface area contributed by atoms with Crippen LogP contribution in [-0.2, 0) is 22.1 Å². The van der Waals surface area contributed by atoms with Crippen molar-refractivity contribution in [2.75, 3.05) is 38.2 Å². The first-order valence-electron chi connectivity index (χ1n) is 7.63. The molecule has 1 N–H and O–H groups in total. The van der Waals surface area contributed by atoms with Crippen molar-refractivity contribution in [1.29, 1.82) is 0 Å². The van der Waals surface area contributed by atoms with E-state index < -0.39 is 11.7 Å². The Morgan fingerprint density at radius 1 is 1.26 bits per heavy atom. The molecule has 1 aromatic rings. The van der Waals surface area contributed by atoms with Crippen LogP contribution in [0.25, 0.3) is 0 Å². The Hall–Kier alpha value is -1.60. The highest BCUT2D eigenvalue weighted by Crippen LogP contribution is 2.32. The predicted octanol–water partition coefficient (Wildman–Crippen LogP) is 2.93. The summed E-state index contributed by atoms with van der Waals surface area (Å²) in [5.74, 6) is -0.386. The molecule has 0 unspecified atom stereocenters. The topological polar surface area (TPSA) is 41.6 Å². The van der Waals surface area contributed by atoms with Gasteiger partial charge in [-0.15, -0.1) is 0 Å². The Balaban J connectivity index is 2.02. The first-order chi connectivity index (χ1) is 10.8. The maximum absolute atomic E-state index is 13.0. The number of ether oxygens (including phenoxy) is 1. The number of hydrogen-bond acceptors (Lipinski definition) is 3. The van der Waals surface area contributed by atoms with Crippen LogP contribution >= 0.6 is 0 Å². The fourth-order valence-electron chi connectivity index (χ4n) is 2.61. The largest absolute Gasteiger partial charge is 0.416 e. The maximum Gasteiger partial charge on any atom is 0.416 e. The van der Waals surface area contributed by atoms with Gasteiger partial charge in [0, 0.05) is 25.7 Å². The number of carbonyl (C=O) groups excluding carboxylic acids is 1. The van der Waals surface area contributed by atoms with Gasteiger partial charge < -0.3 is 10.1 Å². The van der Waals surface area contributed by atoms with Crippen LogP contribution in [0.2, 0.25) is 0 Å². The Labute approximate surface area is 133 Å². The molecule has 128 valence electrons. The zero-order chi connectivity index (χ0) is 16.9. The molecule has 23 heavy (non-hydrogen) atoms. The van der Waals surface area contributed by atoms with Crippen LogP contribution in [0, 0.1) is 0 Å². The predicted molar refractivity (Wildman–Crippen MR) is 81.3 cm³/mol. The lowest BCUT2D eigenvalue weighted by atomic mass is 10.0. The van der Waals surface area contributed by atoms with Gasteiger partial charge in [0.1, 0.15) is 0 Å². The molecular weight excluding hydrogens is 309 g/mol. The van der Waals surface area contributed by atoms with E-state index in [0.29, 0.717) is 25.2 Å². The third-order valence-corrected chi connectivity index (χ3v) is 3.68. The molecule has 1 aromatic carbocycles. The summed E-state index contributed by atoms with van der Waals surface area (Å²) >= 11 is 0. The van der Waals surface area contributed by atoms with E-state index in [-0.39, 0.29) is 11.6 Å². The second kappa shape index (κ2) is 7.79. The minimum absolute atomic E-state index is 0.189. The molecule has 0 spiro atoms. The van der Waals surface area contributed by atoms with Crippen LogP contribution in [0.4, 0.5) is 18.9 Å². The summed E-state index contributed by atoms with van der Waals surface area (Å²) in [7, 11) is 0. The molecule has 2 rings (SSSR count). The molecule has 7 heteroatoms. The van der Waals surface area contributed by atoms with E-state index in [1.54, 1.807) is 6.07 Å². The maximum atomic E-state index is 13.0. The summed E-state index contributed by atoms with van der Waals surface area (Å²) in [6.45, 7) is 5.24. The fourth-order valence-corrected chi connectivity index (χ4v) is 2.61. The van der Waals surface area contributed by atoms with E-state index in [2.05, 4.69) is 10.2 Å². The number of amides is 1. The normalized spacial score (nSPS) is 16.3. The van der Waals surface area contributed by atoms with Gasteiger partial charge in [0.2, 0.25) is 5.91 Å². The molecular formula is C16H21F3N2O2. The van der Waals surface area contributed by atoms with Gasteiger partial charge in [-0.2, -0.15) is 13.2 Å². The summed E-state index contributed by atoms with van der Waals surface area (Å²) in [5.41, 5.74) is 0.0376. The lowest BCUT2D eigenvalue weighted by molar-refractivity contribution is -0.137. The van der Waals surface area contributed by atoms with Gasteiger partial charge in [0.25, 0.3) is 0 Å². The highest BCUT2D eigenvalue weighted by molar-refractivity contribution is 5.88. The quantitative estimate of drug-likeness (QED) is 0.902. The molecule has 0 saturated carbocycles. The Bertz CT molecular complexity index is 541. The number of carbonyl (C=O) groups is 1. The van der Waals surface area contributed by atoms with Crippen LogP contribution in [0.1, 0.15) is 24.5 Å². The third-order valence-electron chi connectivity index (χ3n) is 3.68. The van der Waals surface area contributed by atoms with E-state index in [4.69, 9.17) is 4.74 Å². The average molecular weight is 330 g/mol. The Morgan fingerprint density at radius 3 is 2.57 bits per heavy atom. The van der Waals surface area contributed by atoms with E-state index in [9.17, 15) is 18.0 Å². The number of nitrogens with one attached hydrogen (secondary N) is 1. The van der Waals surface area contributed by atoms with Crippen molar-refractivity contribution in [1.82, 2.24) is 4.90 Å². The highest BCUT2D eigenvalue weighted by atomic mass is 19.4. The molecule has 1 saturated heterocycles. The number of benzene rings is 1. The van der Waals surface area contributed by atoms with E-state index in [1.807, 2.05) is 0 Å². The molecule has 1 aliphatic heterocycles. The molecule has 0 aromatic heterocycles. The number of hydrogen-bond donors (Lipinski definition) is 1. The number of alkyl halides is 3. The van der Waals surface area contributed by atoms with Crippen LogP contribution in [0.3, 0.4) is 0 Å². The first kappa shape index (κ1) is 17.7. The molecule has 1 amide bonds. The fraction of sp³-hybridized carbons (Fsp3) is 0.562. The molecule has 0 aliphatic carbocycles. The van der Waals surface area contributed by atoms with E-state index >= 15 is 0 Å². The summed E-state index contributed by atoms with van der Waals surface area (Å²) in [6, 6.07) is 3.73. The second-order valence-corrected chi connectivity index (χ2v) is 5.66. The SMILES string of the molecule is CC(=O)Nc1cc(CCCN2CCOCC2)cc(C(F)(F)F)c1. The van der Waals surface area contributed by atoms with Crippen molar-refractivity contribution in [2.24, 2.45) is 0 Å². The lowest BCUT2D eigenvalue weighted by Crippen LogP contribution is -2.36. The molecule has 4 nitrogen and oxygen atoms in total. The monoisotopic (exact) mass is 330 g/mol. The van der Waals surface area contributed by atoms with Gasteiger partial charge in [-0.3, -0.25) is 9.69 Å². The molecule has 0 bridgehead atoms. The van der Waals surface area contributed by atoms with Gasteiger partial charge in [0.15, 0.2) is 0 Å². The van der Waals surface area contributed by atoms with Gasteiger partial charge in [0.05, 0.1) is 18.8 Å². The molecule has 1 heterocycles. The lowest BCUT2D eigenvalue weighted by Gasteiger charge is -2.26. The van der Waals surface area contributed by atoms with Gasteiger partial charge in [-0.1, -0.05) is 0 Å². The van der Waals surface area contributed by atoms with Crippen LogP contribution in [-0.4, -0.2) is 43.7 Å². The average Bonchev–Trinajstić information content (AvgIpc) is 2.46. The summed E-state index contributed by atoms with van der Waals surface area (Å²) in [4.78, 5) is 13.3. The molecule has 1 fully saturated rings. The highest BCUT2D eigenvalue weighted by Gasteiger charge is 2.31. The van der Waals surface area contributed by atoms with Crippen molar-refractivity contribution >= 4 is 11.6 Å². The summed E-state index contributed by atoms with van der Waals surface area (Å²) in [5, 5.41) is 2.43. The van der Waals surface area contributed by atoms with Crippen molar-refractivity contribution in [3.63, 3.8) is 0 Å². The number of morpholine rings is 1. The third kappa shape index (κ3) is 5.84. The zero-order valence-electron chi connectivity index (χ0n) is 13.1. The van der Waals surface area contributed by atoms with E-state index in [0.717, 1.165) is 38.2 Å². The van der Waals surface area contributed by atoms with E-state index in [1.165, 1.54) is 6.92 Å².